The molecule has 6 nitrogen and oxygen atoms in total. The molecule has 0 aliphatic carbocycles. The molecule has 21 heavy (non-hydrogen) atoms. The van der Waals surface area contributed by atoms with Gasteiger partial charge in [0.05, 0.1) is 12.7 Å². The summed E-state index contributed by atoms with van der Waals surface area (Å²) in [7, 11) is -4.26. The second-order valence-electron chi connectivity index (χ2n) is 3.79. The molecule has 0 aromatic rings. The number of hydrogen-bond acceptors (Lipinski definition) is 6. The predicted octanol–water partition coefficient (Wildman–Crippen LogP) is -0.429. The molecule has 1 aliphatic heterocycles. The predicted molar refractivity (Wildman–Crippen MR) is 68.5 cm³/mol. The van der Waals surface area contributed by atoms with Gasteiger partial charge in [-0.2, -0.15) is 8.39 Å². The number of hydrogen-bond donors (Lipinski definition) is 0. The van der Waals surface area contributed by atoms with Crippen molar-refractivity contribution in [3.8, 4) is 0 Å². The molecular weight excluding hydrogens is 304 g/mol. The maximum absolute atomic E-state index is 10.0. The van der Waals surface area contributed by atoms with Gasteiger partial charge < -0.3 is 23.8 Å². The van der Waals surface area contributed by atoms with Crippen molar-refractivity contribution in [3.63, 3.8) is 0 Å². The molecule has 0 aromatic carbocycles. The molecule has 1 aliphatic rings. The van der Waals surface area contributed by atoms with Gasteiger partial charge >= 0.3 is 26.9 Å². The van der Waals surface area contributed by atoms with Crippen molar-refractivity contribution in [1.29, 1.82) is 0 Å². The van der Waals surface area contributed by atoms with E-state index >= 15 is 0 Å². The molecular formula is C11H24F2LiO6P. The second-order valence-corrected chi connectivity index (χ2v) is 4.62. The summed E-state index contributed by atoms with van der Waals surface area (Å²) in [6.07, 6.45) is 1.29. The molecule has 1 saturated heterocycles. The molecule has 0 bridgehead atoms. The van der Waals surface area contributed by atoms with Crippen molar-refractivity contribution < 1.29 is 55.7 Å². The summed E-state index contributed by atoms with van der Waals surface area (Å²) in [5, 5.41) is 0. The van der Waals surface area contributed by atoms with Gasteiger partial charge in [0, 0.05) is 13.7 Å². The van der Waals surface area contributed by atoms with Gasteiger partial charge in [-0.1, -0.05) is 6.92 Å². The zero-order valence-corrected chi connectivity index (χ0v) is 14.4. The average Bonchev–Trinajstić information content (AvgIpc) is 2.74. The van der Waals surface area contributed by atoms with E-state index in [1.807, 2.05) is 20.8 Å². The number of rotatable bonds is 4. The van der Waals surface area contributed by atoms with E-state index in [1.54, 1.807) is 7.11 Å². The van der Waals surface area contributed by atoms with Gasteiger partial charge in [-0.3, -0.25) is 4.57 Å². The Hall–Kier alpha value is 0.487. The normalized spacial score (nSPS) is 22.1. The summed E-state index contributed by atoms with van der Waals surface area (Å²) in [6, 6.07) is 0. The third-order valence-electron chi connectivity index (χ3n) is 1.97. The fourth-order valence-corrected chi connectivity index (χ4v) is 1.10. The van der Waals surface area contributed by atoms with Crippen LogP contribution in [0, 0.1) is 0 Å². The van der Waals surface area contributed by atoms with E-state index in [0.717, 1.165) is 19.6 Å². The Morgan fingerprint density at radius 2 is 1.90 bits per heavy atom. The van der Waals surface area contributed by atoms with Crippen molar-refractivity contribution >= 4 is 7.99 Å². The zero-order valence-electron chi connectivity index (χ0n) is 13.5. The van der Waals surface area contributed by atoms with E-state index in [0.29, 0.717) is 6.10 Å². The van der Waals surface area contributed by atoms with E-state index in [1.165, 1.54) is 0 Å². The summed E-state index contributed by atoms with van der Waals surface area (Å²) in [6.45, 7) is 9.37. The molecule has 3 unspecified atom stereocenters. The molecule has 1 fully saturated rings. The van der Waals surface area contributed by atoms with Crippen molar-refractivity contribution in [1.82, 2.24) is 0 Å². The molecule has 0 amide bonds. The Balaban J connectivity index is -0.000000233. The topological polar surface area (TPSA) is 77.0 Å². The zero-order chi connectivity index (χ0) is 16.2. The third-order valence-corrected chi connectivity index (χ3v) is 1.97. The molecule has 0 aromatic heterocycles. The van der Waals surface area contributed by atoms with Gasteiger partial charge in [0.2, 0.25) is 0 Å². The first-order valence-electron chi connectivity index (χ1n) is 6.25. The van der Waals surface area contributed by atoms with Gasteiger partial charge in [-0.25, -0.2) is 0 Å². The third kappa shape index (κ3) is 25.8. The molecule has 0 spiro atoms. The standard InChI is InChI=1S/C6H12O2.C5H12O2.F2HO2P.Li/c1-3-6-7-4-5(2)8-6;1-4-7-5(2)6-3;1-5(2,3)4;/h5-6H,3-4H2,1-2H3;5H,4H2,1-3H3;(H,3,4);/q;;;+1/p-1. The summed E-state index contributed by atoms with van der Waals surface area (Å²) in [5.74, 6) is 0. The minimum Gasteiger partial charge on any atom is -0.749 e. The van der Waals surface area contributed by atoms with Crippen molar-refractivity contribution in [2.24, 2.45) is 0 Å². The maximum atomic E-state index is 10.0. The maximum Gasteiger partial charge on any atom is 1.00 e. The Bertz CT molecular complexity index is 261. The van der Waals surface area contributed by atoms with Gasteiger partial charge in [0.25, 0.3) is 0 Å². The smallest absolute Gasteiger partial charge is 0.749 e. The first-order chi connectivity index (χ1) is 9.13. The van der Waals surface area contributed by atoms with E-state index in [9.17, 15) is 8.39 Å². The van der Waals surface area contributed by atoms with Crippen LogP contribution in [-0.2, 0) is 23.5 Å². The fourth-order valence-electron chi connectivity index (χ4n) is 1.10. The van der Waals surface area contributed by atoms with Crippen LogP contribution in [0.15, 0.2) is 0 Å². The number of halogens is 2. The first kappa shape index (κ1) is 26.4. The summed E-state index contributed by atoms with van der Waals surface area (Å²) in [4.78, 5) is 8.33. The van der Waals surface area contributed by atoms with Crippen LogP contribution in [0.4, 0.5) is 8.39 Å². The van der Waals surface area contributed by atoms with Crippen LogP contribution < -0.4 is 23.8 Å². The van der Waals surface area contributed by atoms with E-state index in [4.69, 9.17) is 28.4 Å². The molecule has 0 radical (unpaired) electrons. The van der Waals surface area contributed by atoms with Crippen LogP contribution in [0.3, 0.4) is 0 Å². The summed E-state index contributed by atoms with van der Waals surface area (Å²) < 4.78 is 48.6. The van der Waals surface area contributed by atoms with Crippen molar-refractivity contribution in [3.05, 3.63) is 0 Å². The van der Waals surface area contributed by atoms with Gasteiger partial charge in [-0.05, 0) is 27.2 Å². The van der Waals surface area contributed by atoms with Gasteiger partial charge in [0.1, 0.15) is 0 Å². The van der Waals surface area contributed by atoms with Crippen LogP contribution >= 0.6 is 7.99 Å². The van der Waals surface area contributed by atoms with E-state index in [2.05, 4.69) is 6.92 Å². The monoisotopic (exact) mass is 328 g/mol. The quantitative estimate of drug-likeness (QED) is 0.396. The Kier molecular flexibility index (Phi) is 19.3. The van der Waals surface area contributed by atoms with Crippen LogP contribution in [0.2, 0.25) is 0 Å². The Morgan fingerprint density at radius 1 is 1.43 bits per heavy atom. The second kappa shape index (κ2) is 15.4. The Labute approximate surface area is 137 Å². The largest absolute Gasteiger partial charge is 1.00 e. The molecule has 124 valence electrons. The summed E-state index contributed by atoms with van der Waals surface area (Å²) >= 11 is 0. The first-order valence-corrected chi connectivity index (χ1v) is 7.66. The van der Waals surface area contributed by atoms with Crippen LogP contribution in [-0.4, -0.2) is 39.0 Å². The SMILES string of the molecule is CCC1OCC(C)O1.CCOC(C)OC.O=P([O-])(F)F.[Li+]. The van der Waals surface area contributed by atoms with Crippen LogP contribution in [0.25, 0.3) is 0 Å². The summed E-state index contributed by atoms with van der Waals surface area (Å²) in [5.41, 5.74) is 0. The molecule has 3 atom stereocenters. The van der Waals surface area contributed by atoms with E-state index in [-0.39, 0.29) is 31.4 Å². The average molecular weight is 328 g/mol. The van der Waals surface area contributed by atoms with Gasteiger partial charge in [0.15, 0.2) is 12.6 Å². The van der Waals surface area contributed by atoms with Gasteiger partial charge in [-0.15, -0.1) is 0 Å². The number of ether oxygens (including phenoxy) is 4. The molecule has 1 rings (SSSR count). The Morgan fingerprint density at radius 3 is 2.05 bits per heavy atom. The van der Waals surface area contributed by atoms with Crippen molar-refractivity contribution in [2.45, 2.75) is 52.8 Å². The van der Waals surface area contributed by atoms with Crippen LogP contribution in [0.1, 0.15) is 34.1 Å². The fraction of sp³-hybridized carbons (Fsp3) is 1.00. The number of methoxy groups -OCH3 is 1. The molecule has 10 heteroatoms. The molecule has 0 N–H and O–H groups in total. The minimum atomic E-state index is -5.89. The minimum absolute atomic E-state index is 0. The molecule has 1 heterocycles. The molecule has 0 saturated carbocycles. The van der Waals surface area contributed by atoms with E-state index < -0.39 is 7.99 Å². The van der Waals surface area contributed by atoms with Crippen LogP contribution in [0.5, 0.6) is 0 Å². The van der Waals surface area contributed by atoms with Crippen molar-refractivity contribution in [2.75, 3.05) is 20.3 Å².